The van der Waals surface area contributed by atoms with E-state index in [4.69, 9.17) is 9.47 Å². The number of rotatable bonds is 6. The molecule has 0 aromatic carbocycles. The molecule has 0 amide bonds. The number of ether oxygens (including phenoxy) is 2. The molecule has 1 rings (SSSR count). The van der Waals surface area contributed by atoms with E-state index >= 15 is 0 Å². The fourth-order valence-electron chi connectivity index (χ4n) is 1.21. The van der Waals surface area contributed by atoms with E-state index < -0.39 is 0 Å². The van der Waals surface area contributed by atoms with Crippen molar-refractivity contribution in [1.82, 2.24) is 4.98 Å². The molecule has 0 N–H and O–H groups in total. The number of carbonyl (C=O) groups is 1. The van der Waals surface area contributed by atoms with Crippen molar-refractivity contribution >= 4 is 17.1 Å². The summed E-state index contributed by atoms with van der Waals surface area (Å²) in [5.41, 5.74) is 0.737. The van der Waals surface area contributed by atoms with E-state index in [0.29, 0.717) is 18.1 Å². The summed E-state index contributed by atoms with van der Waals surface area (Å²) in [5.74, 6) is 0.0446. The molecule has 0 aliphatic carbocycles. The molecule has 1 aromatic rings. The van der Waals surface area contributed by atoms with Crippen LogP contribution in [-0.2, 0) is 22.5 Å². The monoisotopic (exact) mass is 229 g/mol. The van der Waals surface area contributed by atoms with Gasteiger partial charge in [-0.25, -0.2) is 4.98 Å². The van der Waals surface area contributed by atoms with Gasteiger partial charge in [-0.3, -0.25) is 4.79 Å². The molecular formula is C10H15NO3S. The highest BCUT2D eigenvalue weighted by atomic mass is 32.1. The van der Waals surface area contributed by atoms with Gasteiger partial charge in [0.05, 0.1) is 28.8 Å². The average molecular weight is 229 g/mol. The molecule has 0 unspecified atom stereocenters. The fraction of sp³-hybridized carbons (Fsp3) is 0.600. The number of carbonyl (C=O) groups excluding carboxylic acids is 1. The molecule has 15 heavy (non-hydrogen) atoms. The quantitative estimate of drug-likeness (QED) is 0.696. The third-order valence-corrected chi connectivity index (χ3v) is 3.12. The third kappa shape index (κ3) is 3.37. The number of thiazole rings is 1. The molecular weight excluding hydrogens is 214 g/mol. The van der Waals surface area contributed by atoms with Crippen LogP contribution in [-0.4, -0.2) is 31.6 Å². The normalized spacial score (nSPS) is 10.6. The lowest BCUT2D eigenvalue weighted by Gasteiger charge is -1.95. The summed E-state index contributed by atoms with van der Waals surface area (Å²) in [4.78, 5) is 16.4. The first-order chi connectivity index (χ1) is 7.19. The van der Waals surface area contributed by atoms with Gasteiger partial charge in [-0.15, -0.1) is 11.3 Å². The number of aromatic nitrogens is 1. The lowest BCUT2D eigenvalue weighted by molar-refractivity contribution is 0.101. The molecule has 1 heterocycles. The Morgan fingerprint density at radius 2 is 2.13 bits per heavy atom. The van der Waals surface area contributed by atoms with Crippen molar-refractivity contribution in [2.24, 2.45) is 0 Å². The van der Waals surface area contributed by atoms with Crippen LogP contribution in [0.4, 0.5) is 0 Å². The van der Waals surface area contributed by atoms with Crippen molar-refractivity contribution in [2.45, 2.75) is 20.0 Å². The maximum absolute atomic E-state index is 11.3. The zero-order chi connectivity index (χ0) is 11.3. The number of methoxy groups -OCH3 is 2. The maximum atomic E-state index is 11.3. The number of hydrogen-bond donors (Lipinski definition) is 0. The van der Waals surface area contributed by atoms with Crippen LogP contribution in [0.15, 0.2) is 0 Å². The van der Waals surface area contributed by atoms with Crippen LogP contribution >= 0.6 is 11.3 Å². The molecule has 0 aliphatic heterocycles. The van der Waals surface area contributed by atoms with Crippen LogP contribution in [0.3, 0.4) is 0 Å². The minimum absolute atomic E-state index is 0.0446. The van der Waals surface area contributed by atoms with E-state index in [9.17, 15) is 4.79 Å². The molecule has 84 valence electrons. The van der Waals surface area contributed by atoms with Crippen LogP contribution in [0.5, 0.6) is 0 Å². The van der Waals surface area contributed by atoms with Gasteiger partial charge in [0.15, 0.2) is 5.78 Å². The predicted molar refractivity (Wildman–Crippen MR) is 58.4 cm³/mol. The molecule has 1 aromatic heterocycles. The van der Waals surface area contributed by atoms with Gasteiger partial charge in [0.1, 0.15) is 0 Å². The molecule has 0 fully saturated rings. The van der Waals surface area contributed by atoms with Crippen molar-refractivity contribution in [3.05, 3.63) is 15.6 Å². The van der Waals surface area contributed by atoms with Crippen molar-refractivity contribution in [1.29, 1.82) is 0 Å². The topological polar surface area (TPSA) is 48.4 Å². The van der Waals surface area contributed by atoms with E-state index in [-0.39, 0.29) is 5.78 Å². The summed E-state index contributed by atoms with van der Waals surface area (Å²) in [6, 6.07) is 0. The van der Waals surface area contributed by atoms with Crippen LogP contribution in [0, 0.1) is 0 Å². The van der Waals surface area contributed by atoms with Gasteiger partial charge < -0.3 is 9.47 Å². The second-order valence-corrected chi connectivity index (χ2v) is 4.20. The zero-order valence-electron chi connectivity index (χ0n) is 9.20. The molecule has 0 radical (unpaired) electrons. The Hall–Kier alpha value is -0.780. The molecule has 0 aliphatic rings. The van der Waals surface area contributed by atoms with Crippen LogP contribution in [0.1, 0.15) is 27.3 Å². The van der Waals surface area contributed by atoms with E-state index in [1.807, 2.05) is 0 Å². The molecule has 4 nitrogen and oxygen atoms in total. The molecule has 0 atom stereocenters. The van der Waals surface area contributed by atoms with Crippen molar-refractivity contribution in [2.75, 3.05) is 20.8 Å². The van der Waals surface area contributed by atoms with Gasteiger partial charge in [-0.2, -0.15) is 0 Å². The van der Waals surface area contributed by atoms with E-state index in [1.54, 1.807) is 21.1 Å². The minimum atomic E-state index is 0.0446. The predicted octanol–water partition coefficient (Wildman–Crippen LogP) is 1.68. The highest BCUT2D eigenvalue weighted by molar-refractivity contribution is 7.13. The lowest BCUT2D eigenvalue weighted by Crippen LogP contribution is -1.98. The number of nitrogens with zero attached hydrogens (tertiary/aromatic N) is 1. The van der Waals surface area contributed by atoms with Gasteiger partial charge in [0.25, 0.3) is 0 Å². The SMILES string of the molecule is COCCc1nc(COC)c(C(C)=O)s1. The molecule has 5 heteroatoms. The Kier molecular flexibility index (Phi) is 4.87. The lowest BCUT2D eigenvalue weighted by atomic mass is 10.3. The molecule has 0 saturated carbocycles. The van der Waals surface area contributed by atoms with Gasteiger partial charge in [-0.05, 0) is 0 Å². The Morgan fingerprint density at radius 3 is 2.67 bits per heavy atom. The Bertz CT molecular complexity index is 335. The first kappa shape index (κ1) is 12.3. The van der Waals surface area contributed by atoms with Crippen LogP contribution in [0.2, 0.25) is 0 Å². The van der Waals surface area contributed by atoms with Crippen molar-refractivity contribution in [3.8, 4) is 0 Å². The second-order valence-electron chi connectivity index (χ2n) is 3.12. The van der Waals surface area contributed by atoms with Crippen molar-refractivity contribution < 1.29 is 14.3 Å². The number of Topliss-reactive ketones (excluding diaryl/α,β-unsaturated/α-hetero) is 1. The molecule has 0 saturated heterocycles. The number of hydrogen-bond acceptors (Lipinski definition) is 5. The Balaban J connectivity index is 2.83. The molecule has 0 bridgehead atoms. The van der Waals surface area contributed by atoms with Gasteiger partial charge in [0.2, 0.25) is 0 Å². The summed E-state index contributed by atoms with van der Waals surface area (Å²) < 4.78 is 9.96. The van der Waals surface area contributed by atoms with Gasteiger partial charge >= 0.3 is 0 Å². The van der Waals surface area contributed by atoms with E-state index in [1.165, 1.54) is 11.3 Å². The van der Waals surface area contributed by atoms with Gasteiger partial charge in [-0.1, -0.05) is 0 Å². The highest BCUT2D eigenvalue weighted by Crippen LogP contribution is 2.20. The number of ketones is 1. The maximum Gasteiger partial charge on any atom is 0.171 e. The smallest absolute Gasteiger partial charge is 0.171 e. The largest absolute Gasteiger partial charge is 0.384 e. The Labute approximate surface area is 93.2 Å². The van der Waals surface area contributed by atoms with Crippen LogP contribution in [0.25, 0.3) is 0 Å². The summed E-state index contributed by atoms with van der Waals surface area (Å²) >= 11 is 1.43. The van der Waals surface area contributed by atoms with E-state index in [0.717, 1.165) is 17.1 Å². The summed E-state index contributed by atoms with van der Waals surface area (Å²) in [6.07, 6.45) is 0.741. The summed E-state index contributed by atoms with van der Waals surface area (Å²) in [7, 11) is 3.24. The van der Waals surface area contributed by atoms with E-state index in [2.05, 4.69) is 4.98 Å². The minimum Gasteiger partial charge on any atom is -0.384 e. The zero-order valence-corrected chi connectivity index (χ0v) is 10.0. The standard InChI is InChI=1S/C10H15NO3S/c1-7(12)10-8(6-14-3)11-9(15-10)4-5-13-2/h4-6H2,1-3H3. The highest BCUT2D eigenvalue weighted by Gasteiger charge is 2.14. The average Bonchev–Trinajstić information content (AvgIpc) is 2.59. The first-order valence-electron chi connectivity index (χ1n) is 4.66. The summed E-state index contributed by atoms with van der Waals surface area (Å²) in [5, 5.41) is 0.925. The second kappa shape index (κ2) is 5.95. The fourth-order valence-corrected chi connectivity index (χ4v) is 2.15. The van der Waals surface area contributed by atoms with Crippen LogP contribution < -0.4 is 0 Å². The summed E-state index contributed by atoms with van der Waals surface area (Å²) in [6.45, 7) is 2.56. The third-order valence-electron chi connectivity index (χ3n) is 1.86. The van der Waals surface area contributed by atoms with Gasteiger partial charge in [0, 0.05) is 27.6 Å². The Morgan fingerprint density at radius 1 is 1.40 bits per heavy atom. The van der Waals surface area contributed by atoms with Crippen molar-refractivity contribution in [3.63, 3.8) is 0 Å². The molecule has 0 spiro atoms. The first-order valence-corrected chi connectivity index (χ1v) is 5.48.